The van der Waals surface area contributed by atoms with E-state index < -0.39 is 0 Å². The summed E-state index contributed by atoms with van der Waals surface area (Å²) in [6.07, 6.45) is 1.90. The predicted molar refractivity (Wildman–Crippen MR) is 118 cm³/mol. The number of phenols is 1. The molecule has 0 saturated carbocycles. The van der Waals surface area contributed by atoms with Crippen LogP contribution in [-0.2, 0) is 27.3 Å². The van der Waals surface area contributed by atoms with E-state index in [1.54, 1.807) is 0 Å². The number of nitrogens with zero attached hydrogens (tertiary/aromatic N) is 1. The fourth-order valence-electron chi connectivity index (χ4n) is 2.33. The molecule has 0 aliphatic rings. The van der Waals surface area contributed by atoms with Crippen molar-refractivity contribution in [3.8, 4) is 5.75 Å². The molecule has 0 spiro atoms. The summed E-state index contributed by atoms with van der Waals surface area (Å²) in [5.74, 6) is 0.302. The van der Waals surface area contributed by atoms with E-state index in [4.69, 9.17) is 0 Å². The molecule has 2 nitrogen and oxygen atoms in total. The normalized spacial score (nSPS) is 12.2. The molecule has 0 bridgehead atoms. The van der Waals surface area contributed by atoms with E-state index in [9.17, 15) is 5.11 Å². The van der Waals surface area contributed by atoms with Crippen molar-refractivity contribution in [1.82, 2.24) is 0 Å². The van der Waals surface area contributed by atoms with E-state index in [1.807, 2.05) is 42.6 Å². The summed E-state index contributed by atoms with van der Waals surface area (Å²) in [5, 5.41) is 10.6. The Labute approximate surface area is 182 Å². The van der Waals surface area contributed by atoms with Crippen LogP contribution in [0.25, 0.3) is 0 Å². The average Bonchev–Trinajstić information content (AvgIpc) is 2.53. The molecule has 0 aromatic heterocycles. The predicted octanol–water partition coefficient (Wildman–Crippen LogP) is 7.22. The summed E-state index contributed by atoms with van der Waals surface area (Å²) in [4.78, 5) is 4.55. The van der Waals surface area contributed by atoms with Gasteiger partial charge in [-0.05, 0) is 27.9 Å². The molecule has 0 aliphatic heterocycles. The molecule has 0 fully saturated rings. The second kappa shape index (κ2) is 10.3. The Morgan fingerprint density at radius 1 is 0.821 bits per heavy atom. The molecule has 0 amide bonds. The zero-order valence-electron chi connectivity index (χ0n) is 18.8. The minimum atomic E-state index is -0.114. The van der Waals surface area contributed by atoms with Gasteiger partial charge >= 0.3 is 0 Å². The van der Waals surface area contributed by atoms with E-state index in [0.29, 0.717) is 11.4 Å². The van der Waals surface area contributed by atoms with Crippen molar-refractivity contribution in [2.24, 2.45) is 10.4 Å². The first kappa shape index (κ1) is 26.4. The van der Waals surface area contributed by atoms with Crippen LogP contribution in [0.5, 0.6) is 5.75 Å². The van der Waals surface area contributed by atoms with Crippen LogP contribution in [0.1, 0.15) is 73.4 Å². The topological polar surface area (TPSA) is 32.6 Å². The SMILES string of the molecule is CC(C)(C)C=Nc1cc(C(C)(C)C)cc(C(C)(C)C)c1O.[Ni].[c-]1ccccc1. The largest absolute Gasteiger partial charge is 0.505 e. The Kier molecular flexibility index (Phi) is 9.67. The quantitative estimate of drug-likeness (QED) is 0.292. The minimum absolute atomic E-state index is 0. The van der Waals surface area contributed by atoms with Gasteiger partial charge in [0.25, 0.3) is 0 Å². The van der Waals surface area contributed by atoms with Crippen LogP contribution in [0.2, 0.25) is 0 Å². The smallest absolute Gasteiger partial charge is 0.144 e. The van der Waals surface area contributed by atoms with Gasteiger partial charge in [0.05, 0.1) is 0 Å². The van der Waals surface area contributed by atoms with E-state index >= 15 is 0 Å². The van der Waals surface area contributed by atoms with E-state index in [2.05, 4.69) is 79.4 Å². The minimum Gasteiger partial charge on any atom is -0.505 e. The second-order valence-electron chi connectivity index (χ2n) is 10.1. The molecule has 2 aromatic rings. The number of aromatic hydroxyl groups is 1. The Morgan fingerprint density at radius 3 is 1.68 bits per heavy atom. The summed E-state index contributed by atoms with van der Waals surface area (Å²) in [7, 11) is 0. The number of benzene rings is 2. The maximum atomic E-state index is 10.6. The molecule has 0 atom stereocenters. The molecule has 158 valence electrons. The third kappa shape index (κ3) is 9.06. The van der Waals surface area contributed by atoms with Gasteiger partial charge in [0, 0.05) is 28.3 Å². The van der Waals surface area contributed by atoms with Crippen LogP contribution in [0.15, 0.2) is 47.5 Å². The van der Waals surface area contributed by atoms with Gasteiger partial charge in [-0.1, -0.05) is 68.4 Å². The Balaban J connectivity index is 0.000000884. The zero-order valence-corrected chi connectivity index (χ0v) is 19.8. The van der Waals surface area contributed by atoms with Crippen molar-refractivity contribution >= 4 is 11.9 Å². The molecule has 2 rings (SSSR count). The molecule has 0 saturated heterocycles. The number of hydrogen-bond acceptors (Lipinski definition) is 2. The fourth-order valence-corrected chi connectivity index (χ4v) is 2.33. The van der Waals surface area contributed by atoms with Crippen LogP contribution in [0.4, 0.5) is 5.69 Å². The summed E-state index contributed by atoms with van der Waals surface area (Å²) < 4.78 is 0. The number of rotatable bonds is 1. The van der Waals surface area contributed by atoms with Gasteiger partial charge in [0.15, 0.2) is 0 Å². The molecule has 0 aliphatic carbocycles. The molecule has 2 aromatic carbocycles. The van der Waals surface area contributed by atoms with Gasteiger partial charge in [0.1, 0.15) is 11.4 Å². The van der Waals surface area contributed by atoms with Crippen LogP contribution in [-0.4, -0.2) is 11.3 Å². The van der Waals surface area contributed by atoms with Crippen LogP contribution in [0, 0.1) is 11.5 Å². The fraction of sp³-hybridized carbons (Fsp3) is 0.480. The third-order valence-corrected chi connectivity index (χ3v) is 3.96. The van der Waals surface area contributed by atoms with Crippen molar-refractivity contribution in [3.63, 3.8) is 0 Å². The van der Waals surface area contributed by atoms with E-state index in [0.717, 1.165) is 5.56 Å². The van der Waals surface area contributed by atoms with Gasteiger partial charge in [-0.2, -0.15) is 36.4 Å². The Hall–Kier alpha value is -1.60. The van der Waals surface area contributed by atoms with Gasteiger partial charge < -0.3 is 5.11 Å². The Bertz CT molecular complexity index is 718. The average molecular weight is 425 g/mol. The second-order valence-corrected chi connectivity index (χ2v) is 10.1. The third-order valence-electron chi connectivity index (χ3n) is 3.96. The standard InChI is InChI=1S/C19H31NO.C6H5.Ni/c1-17(2,3)12-20-15-11-13(18(4,5)6)10-14(16(15)21)19(7,8)9;1-2-4-6-5-3-1;/h10-12,21H,1-9H3;1-5H;/q;-1;. The summed E-state index contributed by atoms with van der Waals surface area (Å²) in [5.41, 5.74) is 2.73. The molecule has 0 radical (unpaired) electrons. The van der Waals surface area contributed by atoms with Crippen molar-refractivity contribution in [2.75, 3.05) is 0 Å². The van der Waals surface area contributed by atoms with Crippen molar-refractivity contribution in [3.05, 3.63) is 59.7 Å². The first-order chi connectivity index (χ1) is 12.2. The Morgan fingerprint density at radius 2 is 1.36 bits per heavy atom. The first-order valence-electron chi connectivity index (χ1n) is 9.56. The molecule has 0 unspecified atom stereocenters. The van der Waals surface area contributed by atoms with E-state index in [-0.39, 0.29) is 32.7 Å². The maximum absolute atomic E-state index is 10.6. The van der Waals surface area contributed by atoms with Gasteiger partial charge in [-0.15, -0.1) is 0 Å². The van der Waals surface area contributed by atoms with Crippen molar-refractivity contribution < 1.29 is 21.6 Å². The van der Waals surface area contributed by atoms with E-state index in [1.165, 1.54) is 5.56 Å². The van der Waals surface area contributed by atoms with Crippen molar-refractivity contribution in [2.45, 2.75) is 73.1 Å². The molecule has 1 N–H and O–H groups in total. The van der Waals surface area contributed by atoms with Gasteiger partial charge in [-0.25, -0.2) is 0 Å². The summed E-state index contributed by atoms with van der Waals surface area (Å²) in [6, 6.07) is 16.6. The summed E-state index contributed by atoms with van der Waals surface area (Å²) in [6.45, 7) is 19.2. The number of hydrogen-bond donors (Lipinski definition) is 1. The number of phenolic OH excluding ortho intramolecular Hbond substituents is 1. The zero-order chi connectivity index (χ0) is 20.9. The van der Waals surface area contributed by atoms with Crippen molar-refractivity contribution in [1.29, 1.82) is 0 Å². The molecule has 0 heterocycles. The summed E-state index contributed by atoms with van der Waals surface area (Å²) >= 11 is 0. The molecule has 3 heteroatoms. The number of aliphatic imine (C=N–C) groups is 1. The maximum Gasteiger partial charge on any atom is 0.144 e. The molecular weight excluding hydrogens is 389 g/mol. The molecule has 28 heavy (non-hydrogen) atoms. The van der Waals surface area contributed by atoms with Gasteiger partial charge in [-0.3, -0.25) is 4.99 Å². The first-order valence-corrected chi connectivity index (χ1v) is 9.56. The monoisotopic (exact) mass is 424 g/mol. The van der Waals surface area contributed by atoms with Gasteiger partial charge in [0.2, 0.25) is 0 Å². The van der Waals surface area contributed by atoms with Crippen LogP contribution < -0.4 is 0 Å². The van der Waals surface area contributed by atoms with Crippen LogP contribution >= 0.6 is 0 Å². The molecular formula is C25H36NNiO-. The van der Waals surface area contributed by atoms with Crippen LogP contribution in [0.3, 0.4) is 0 Å².